The summed E-state index contributed by atoms with van der Waals surface area (Å²) in [5.41, 5.74) is 4.84. The average Bonchev–Trinajstić information content (AvgIpc) is 3.45. The molecule has 0 aliphatic heterocycles. The Morgan fingerprint density at radius 3 is 2.31 bits per heavy atom. The first kappa shape index (κ1) is 26.5. The van der Waals surface area contributed by atoms with Gasteiger partial charge in [0.15, 0.2) is 11.0 Å². The summed E-state index contributed by atoms with van der Waals surface area (Å²) < 4.78 is 27.9. The number of H-pyrrole nitrogens is 1. The van der Waals surface area contributed by atoms with E-state index in [2.05, 4.69) is 62.9 Å². The van der Waals surface area contributed by atoms with Gasteiger partial charge in [0.1, 0.15) is 5.82 Å². The monoisotopic (exact) mass is 518 g/mol. The molecule has 0 atom stereocenters. The molecule has 0 saturated heterocycles. The Kier molecular flexibility index (Phi) is 9.10. The summed E-state index contributed by atoms with van der Waals surface area (Å²) in [5.74, 6) is 1.55. The van der Waals surface area contributed by atoms with Crippen LogP contribution in [0.2, 0.25) is 5.15 Å². The molecule has 0 aliphatic rings. The minimum absolute atomic E-state index is 0.130. The van der Waals surface area contributed by atoms with Gasteiger partial charge in [0.2, 0.25) is 0 Å². The number of hydrogen-bond acceptors (Lipinski definition) is 7. The predicted molar refractivity (Wildman–Crippen MR) is 133 cm³/mol. The minimum Gasteiger partial charge on any atom is -0.390 e. The number of tetrazole rings is 1. The topological polar surface area (TPSA) is 147 Å². The van der Waals surface area contributed by atoms with E-state index in [4.69, 9.17) is 16.2 Å². The van der Waals surface area contributed by atoms with Gasteiger partial charge in [0, 0.05) is 18.5 Å². The predicted octanol–water partition coefficient (Wildman–Crippen LogP) is 3.77. The van der Waals surface area contributed by atoms with E-state index in [-0.39, 0.29) is 6.61 Å². The van der Waals surface area contributed by atoms with Gasteiger partial charge >= 0.3 is 0 Å². The number of imidazole rings is 1. The number of hydrogen-bond donors (Lipinski definition) is 3. The summed E-state index contributed by atoms with van der Waals surface area (Å²) in [6, 6.07) is 16.3. The number of unbranched alkanes of at least 4 members (excludes halogenated alkanes) is 1. The van der Waals surface area contributed by atoms with Gasteiger partial charge in [-0.05, 0) is 33.5 Å². The van der Waals surface area contributed by atoms with Crippen LogP contribution < -0.4 is 0 Å². The fourth-order valence-electron chi connectivity index (χ4n) is 3.56. The zero-order chi connectivity index (χ0) is 25.4. The van der Waals surface area contributed by atoms with E-state index in [9.17, 15) is 13.5 Å². The second-order valence-electron chi connectivity index (χ2n) is 7.84. The third kappa shape index (κ3) is 7.43. The second kappa shape index (κ2) is 12.0. The standard InChI is InChI=1S/C22H23ClN6O.CH4O3S/c1-2-3-8-20-24-21(23)19(14-30)29(20)13-15-9-11-16(12-10-15)17-6-4-5-7-18(17)22-25-27-28-26-22;1-5(2,3)4/h4-7,9-12,30H,2-3,8,13-14H2,1H3,(H,25,26,27,28);1H3,(H,2,3,4). The maximum absolute atomic E-state index is 9.77. The lowest BCUT2D eigenvalue weighted by atomic mass is 9.98. The maximum atomic E-state index is 9.77. The van der Waals surface area contributed by atoms with E-state index >= 15 is 0 Å². The van der Waals surface area contributed by atoms with Crippen LogP contribution in [0.5, 0.6) is 0 Å². The largest absolute Gasteiger partial charge is 0.390 e. The molecular formula is C23H27ClN6O4S. The highest BCUT2D eigenvalue weighted by Gasteiger charge is 2.15. The first-order valence-electron chi connectivity index (χ1n) is 10.9. The molecular weight excluding hydrogens is 492 g/mol. The van der Waals surface area contributed by atoms with Gasteiger partial charge < -0.3 is 9.67 Å². The molecule has 2 heterocycles. The molecule has 0 aliphatic carbocycles. The Morgan fingerprint density at radius 2 is 1.74 bits per heavy atom. The summed E-state index contributed by atoms with van der Waals surface area (Å²) in [4.78, 5) is 4.47. The summed E-state index contributed by atoms with van der Waals surface area (Å²) in [7, 11) is -3.67. The molecule has 3 N–H and O–H groups in total. The summed E-state index contributed by atoms with van der Waals surface area (Å²) >= 11 is 6.26. The number of halogens is 1. The summed E-state index contributed by atoms with van der Waals surface area (Å²) in [5, 5.41) is 24.4. The number of aliphatic hydroxyl groups excluding tert-OH is 1. The smallest absolute Gasteiger partial charge is 0.261 e. The molecule has 10 nitrogen and oxygen atoms in total. The Hall–Kier alpha value is -3.12. The highest BCUT2D eigenvalue weighted by Crippen LogP contribution is 2.30. The van der Waals surface area contributed by atoms with Gasteiger partial charge in [-0.3, -0.25) is 4.55 Å². The van der Waals surface area contributed by atoms with Crippen LogP contribution in [-0.2, 0) is 29.7 Å². The second-order valence-corrected chi connectivity index (χ2v) is 9.66. The molecule has 35 heavy (non-hydrogen) atoms. The maximum Gasteiger partial charge on any atom is 0.261 e. The first-order chi connectivity index (χ1) is 16.7. The number of aliphatic hydroxyl groups is 1. The van der Waals surface area contributed by atoms with E-state index in [0.717, 1.165) is 47.3 Å². The molecule has 0 fully saturated rings. The molecule has 12 heteroatoms. The van der Waals surface area contributed by atoms with Crippen molar-refractivity contribution in [1.29, 1.82) is 0 Å². The molecule has 2 aromatic heterocycles. The lowest BCUT2D eigenvalue weighted by Crippen LogP contribution is -2.09. The highest BCUT2D eigenvalue weighted by atomic mass is 35.5. The Bertz CT molecular complexity index is 1330. The number of aromatic nitrogens is 6. The minimum atomic E-state index is -3.67. The lowest BCUT2D eigenvalue weighted by molar-refractivity contribution is 0.271. The molecule has 186 valence electrons. The van der Waals surface area contributed by atoms with E-state index in [1.165, 1.54) is 0 Å². The van der Waals surface area contributed by atoms with Crippen molar-refractivity contribution < 1.29 is 18.1 Å². The van der Waals surface area contributed by atoms with Crippen molar-refractivity contribution in [2.45, 2.75) is 39.3 Å². The van der Waals surface area contributed by atoms with Crippen LogP contribution in [0.1, 0.15) is 36.8 Å². The van der Waals surface area contributed by atoms with Gasteiger partial charge in [-0.15, -0.1) is 5.10 Å². The summed E-state index contributed by atoms with van der Waals surface area (Å²) in [6.07, 6.45) is 3.66. The van der Waals surface area contributed by atoms with Crippen molar-refractivity contribution in [3.05, 3.63) is 70.8 Å². The molecule has 4 rings (SSSR count). The molecule has 0 bridgehead atoms. The van der Waals surface area contributed by atoms with Gasteiger partial charge in [-0.25, -0.2) is 10.1 Å². The number of benzene rings is 2. The SMILES string of the molecule is CCCCc1nc(Cl)c(CO)n1Cc1ccc(-c2ccccc2-c2nnn[nH]2)cc1.CS(=O)(=O)O. The zero-order valence-corrected chi connectivity index (χ0v) is 21.0. The average molecular weight is 519 g/mol. The van der Waals surface area contributed by atoms with Crippen LogP contribution in [-0.4, -0.2) is 54.5 Å². The summed E-state index contributed by atoms with van der Waals surface area (Å²) in [6.45, 7) is 2.63. The fraction of sp³-hybridized carbons (Fsp3) is 0.304. The highest BCUT2D eigenvalue weighted by molar-refractivity contribution is 7.85. The Labute approximate surface area is 208 Å². The van der Waals surface area contributed by atoms with E-state index in [1.54, 1.807) is 0 Å². The van der Waals surface area contributed by atoms with Crippen LogP contribution in [0.3, 0.4) is 0 Å². The fourth-order valence-corrected chi connectivity index (χ4v) is 3.81. The van der Waals surface area contributed by atoms with Gasteiger partial charge in [-0.2, -0.15) is 8.42 Å². The zero-order valence-electron chi connectivity index (χ0n) is 19.4. The normalized spacial score (nSPS) is 11.2. The van der Waals surface area contributed by atoms with Gasteiger partial charge in [-0.1, -0.05) is 73.5 Å². The van der Waals surface area contributed by atoms with E-state index in [1.807, 2.05) is 22.8 Å². The molecule has 0 radical (unpaired) electrons. The van der Waals surface area contributed by atoms with Crippen molar-refractivity contribution in [1.82, 2.24) is 30.2 Å². The number of rotatable bonds is 8. The number of nitrogens with zero attached hydrogens (tertiary/aromatic N) is 5. The van der Waals surface area contributed by atoms with E-state index < -0.39 is 10.1 Å². The van der Waals surface area contributed by atoms with Crippen molar-refractivity contribution in [2.24, 2.45) is 0 Å². The van der Waals surface area contributed by atoms with E-state index in [0.29, 0.717) is 29.5 Å². The molecule has 0 saturated carbocycles. The first-order valence-corrected chi connectivity index (χ1v) is 13.1. The lowest BCUT2D eigenvalue weighted by Gasteiger charge is -2.12. The van der Waals surface area contributed by atoms with Crippen LogP contribution >= 0.6 is 11.6 Å². The van der Waals surface area contributed by atoms with Crippen molar-refractivity contribution in [3.63, 3.8) is 0 Å². The Balaban J connectivity index is 0.000000623. The molecule has 0 unspecified atom stereocenters. The van der Waals surface area contributed by atoms with Crippen molar-refractivity contribution in [3.8, 4) is 22.5 Å². The van der Waals surface area contributed by atoms with Crippen LogP contribution in [0, 0.1) is 0 Å². The Morgan fingerprint density at radius 1 is 1.09 bits per heavy atom. The molecule has 0 spiro atoms. The number of nitrogens with one attached hydrogen (secondary N) is 1. The van der Waals surface area contributed by atoms with Crippen LogP contribution in [0.25, 0.3) is 22.5 Å². The quantitative estimate of drug-likeness (QED) is 0.299. The molecule has 2 aromatic carbocycles. The van der Waals surface area contributed by atoms with Gasteiger partial charge in [0.25, 0.3) is 10.1 Å². The van der Waals surface area contributed by atoms with Crippen LogP contribution in [0.4, 0.5) is 0 Å². The van der Waals surface area contributed by atoms with Crippen LogP contribution in [0.15, 0.2) is 48.5 Å². The van der Waals surface area contributed by atoms with Crippen molar-refractivity contribution >= 4 is 21.7 Å². The third-order valence-electron chi connectivity index (χ3n) is 5.14. The molecule has 4 aromatic rings. The number of aromatic amines is 1. The van der Waals surface area contributed by atoms with Gasteiger partial charge in [0.05, 0.1) is 18.6 Å². The van der Waals surface area contributed by atoms with Crippen molar-refractivity contribution in [2.75, 3.05) is 6.26 Å². The molecule has 0 amide bonds. The third-order valence-corrected chi connectivity index (χ3v) is 5.44. The number of aryl methyl sites for hydroxylation is 1.